The topological polar surface area (TPSA) is 82.4 Å². The summed E-state index contributed by atoms with van der Waals surface area (Å²) in [5.41, 5.74) is 3.32. The predicted molar refractivity (Wildman–Crippen MR) is 176 cm³/mol. The zero-order valence-corrected chi connectivity index (χ0v) is 27.7. The van der Waals surface area contributed by atoms with E-state index >= 15 is 0 Å². The van der Waals surface area contributed by atoms with Gasteiger partial charge in [0.2, 0.25) is 0 Å². The van der Waals surface area contributed by atoms with Gasteiger partial charge in [-0.05, 0) is 80.4 Å². The van der Waals surface area contributed by atoms with Crippen molar-refractivity contribution in [2.45, 2.75) is 33.4 Å². The molecule has 5 rings (SSSR count). The molecule has 1 atom stereocenters. The maximum Gasteiger partial charge on any atom is 0.271 e. The summed E-state index contributed by atoms with van der Waals surface area (Å²) < 4.78 is 20.3. The quantitative estimate of drug-likeness (QED) is 0.223. The number of amides is 1. The molecule has 0 radical (unpaired) electrons. The number of methoxy groups -OCH3 is 2. The number of allylic oxidation sites excluding steroid dienone is 1. The highest BCUT2D eigenvalue weighted by molar-refractivity contribution is 9.10. The van der Waals surface area contributed by atoms with E-state index in [1.54, 1.807) is 35.8 Å². The molecule has 0 saturated carbocycles. The normalized spacial score (nSPS) is 14.6. The Hall–Kier alpha value is -4.15. The third-order valence-electron chi connectivity index (χ3n) is 7.53. The zero-order valence-electron chi connectivity index (χ0n) is 25.3. The molecule has 2 heterocycles. The number of hydrogen-bond acceptors (Lipinski definition) is 7. The highest BCUT2D eigenvalue weighted by Crippen LogP contribution is 2.38. The molecule has 1 aliphatic rings. The Morgan fingerprint density at radius 3 is 2.32 bits per heavy atom. The molecule has 0 aliphatic carbocycles. The van der Waals surface area contributed by atoms with E-state index in [1.165, 1.54) is 11.3 Å². The van der Waals surface area contributed by atoms with Crippen LogP contribution in [-0.2, 0) is 11.4 Å². The van der Waals surface area contributed by atoms with Crippen molar-refractivity contribution < 1.29 is 19.0 Å². The number of halogens is 1. The summed E-state index contributed by atoms with van der Waals surface area (Å²) in [4.78, 5) is 35.1. The van der Waals surface area contributed by atoms with Crippen LogP contribution in [0.4, 0.5) is 0 Å². The monoisotopic (exact) mass is 675 g/mol. The predicted octanol–water partition coefficient (Wildman–Crippen LogP) is 5.46. The minimum Gasteiger partial charge on any atom is -0.497 e. The molecule has 44 heavy (non-hydrogen) atoms. The van der Waals surface area contributed by atoms with Gasteiger partial charge in [0.05, 0.1) is 30.0 Å². The second kappa shape index (κ2) is 13.7. The van der Waals surface area contributed by atoms with Crippen LogP contribution in [0.15, 0.2) is 92.3 Å². The molecule has 10 heteroatoms. The molecule has 1 aliphatic heterocycles. The van der Waals surface area contributed by atoms with Crippen LogP contribution in [0.3, 0.4) is 0 Å². The van der Waals surface area contributed by atoms with Gasteiger partial charge in [-0.1, -0.05) is 51.5 Å². The Morgan fingerprint density at radius 2 is 1.68 bits per heavy atom. The summed E-state index contributed by atoms with van der Waals surface area (Å²) in [7, 11) is 3.15. The van der Waals surface area contributed by atoms with Crippen LogP contribution in [0, 0.1) is 0 Å². The lowest BCUT2D eigenvalue weighted by Crippen LogP contribution is -2.43. The summed E-state index contributed by atoms with van der Waals surface area (Å²) >= 11 is 4.74. The van der Waals surface area contributed by atoms with Gasteiger partial charge in [-0.25, -0.2) is 4.99 Å². The number of aromatic nitrogens is 1. The number of likely N-dealkylation sites (N-methyl/N-ethyl adjacent to an activating group) is 1. The molecule has 1 amide bonds. The van der Waals surface area contributed by atoms with E-state index in [4.69, 9.17) is 19.2 Å². The summed E-state index contributed by atoms with van der Waals surface area (Å²) in [5.74, 6) is 1.70. The van der Waals surface area contributed by atoms with Crippen LogP contribution in [-0.4, -0.2) is 42.7 Å². The number of carbonyl (C=O) groups is 1. The number of rotatable bonds is 10. The fraction of sp³-hybridized carbons (Fsp3) is 0.265. The van der Waals surface area contributed by atoms with Gasteiger partial charge in [-0.3, -0.25) is 14.2 Å². The average Bonchev–Trinajstić information content (AvgIpc) is 3.34. The molecule has 0 bridgehead atoms. The highest BCUT2D eigenvalue weighted by atomic mass is 79.9. The third kappa shape index (κ3) is 6.37. The van der Waals surface area contributed by atoms with E-state index in [9.17, 15) is 9.59 Å². The van der Waals surface area contributed by atoms with Crippen molar-refractivity contribution in [3.63, 3.8) is 0 Å². The van der Waals surface area contributed by atoms with Crippen LogP contribution in [0.1, 0.15) is 43.5 Å². The molecule has 0 unspecified atom stereocenters. The first-order valence-corrected chi connectivity index (χ1v) is 15.9. The van der Waals surface area contributed by atoms with Crippen molar-refractivity contribution in [2.75, 3.05) is 27.3 Å². The van der Waals surface area contributed by atoms with Crippen molar-refractivity contribution in [3.8, 4) is 17.2 Å². The molecular formula is C34H34BrN3O5S. The van der Waals surface area contributed by atoms with Gasteiger partial charge in [-0.2, -0.15) is 0 Å². The lowest BCUT2D eigenvalue weighted by atomic mass is 9.93. The minimum absolute atomic E-state index is 0.167. The van der Waals surface area contributed by atoms with E-state index in [-0.39, 0.29) is 11.5 Å². The zero-order chi connectivity index (χ0) is 31.4. The smallest absolute Gasteiger partial charge is 0.271 e. The molecule has 0 N–H and O–H groups in total. The van der Waals surface area contributed by atoms with Crippen LogP contribution in [0.5, 0.6) is 17.2 Å². The second-order valence-electron chi connectivity index (χ2n) is 10.2. The maximum absolute atomic E-state index is 14.1. The summed E-state index contributed by atoms with van der Waals surface area (Å²) in [5, 5.41) is 0. The summed E-state index contributed by atoms with van der Waals surface area (Å²) in [6.45, 7) is 7.20. The standard InChI is InChI=1S/C34H34BrN3O5S/c1-6-37(7-2)33(40)30-21(3)36-34-38(31(30)27-19-26(41-4)16-17-28(27)42-5)32(39)29(44-34)18-22-10-14-25(15-11-22)43-20-23-8-12-24(35)13-9-23/h8-19,31H,6-7,20H2,1-5H3/b29-18+/t31-/m0/s1. The van der Waals surface area contributed by atoms with E-state index in [0.29, 0.717) is 57.4 Å². The average molecular weight is 677 g/mol. The molecule has 3 aromatic carbocycles. The van der Waals surface area contributed by atoms with Gasteiger partial charge < -0.3 is 19.1 Å². The number of hydrogen-bond donors (Lipinski definition) is 0. The molecular weight excluding hydrogens is 642 g/mol. The van der Waals surface area contributed by atoms with Gasteiger partial charge in [-0.15, -0.1) is 0 Å². The largest absolute Gasteiger partial charge is 0.497 e. The Bertz CT molecular complexity index is 1870. The van der Waals surface area contributed by atoms with E-state index in [0.717, 1.165) is 21.3 Å². The van der Waals surface area contributed by atoms with Crippen LogP contribution < -0.4 is 29.1 Å². The molecule has 4 aromatic rings. The first-order valence-electron chi connectivity index (χ1n) is 14.3. The van der Waals surface area contributed by atoms with Gasteiger partial charge >= 0.3 is 0 Å². The van der Waals surface area contributed by atoms with Crippen molar-refractivity contribution >= 4 is 39.2 Å². The molecule has 1 aromatic heterocycles. The van der Waals surface area contributed by atoms with E-state index in [1.807, 2.05) is 81.4 Å². The molecule has 0 saturated heterocycles. The molecule has 228 valence electrons. The van der Waals surface area contributed by atoms with Crippen molar-refractivity contribution in [2.24, 2.45) is 4.99 Å². The Kier molecular flexibility index (Phi) is 9.71. The first-order chi connectivity index (χ1) is 21.3. The fourth-order valence-electron chi connectivity index (χ4n) is 5.18. The van der Waals surface area contributed by atoms with Gasteiger partial charge in [0, 0.05) is 23.1 Å². The Labute approximate surface area is 268 Å². The number of thiazole rings is 1. The number of nitrogens with zero attached hydrogens (tertiary/aromatic N) is 3. The van der Waals surface area contributed by atoms with Gasteiger partial charge in [0.15, 0.2) is 4.80 Å². The van der Waals surface area contributed by atoms with E-state index < -0.39 is 6.04 Å². The van der Waals surface area contributed by atoms with Crippen LogP contribution >= 0.6 is 27.3 Å². The number of carbonyl (C=O) groups excluding carboxylic acids is 1. The van der Waals surface area contributed by atoms with Gasteiger partial charge in [0.25, 0.3) is 11.5 Å². The minimum atomic E-state index is -0.749. The highest BCUT2D eigenvalue weighted by Gasteiger charge is 2.36. The SMILES string of the molecule is CCN(CC)C(=O)C1=C(C)N=c2s/c(=C/c3ccc(OCc4ccc(Br)cc4)cc3)c(=O)n2[C@H]1c1cc(OC)ccc1OC. The van der Waals surface area contributed by atoms with Crippen molar-refractivity contribution in [1.29, 1.82) is 0 Å². The van der Waals surface area contributed by atoms with Crippen LogP contribution in [0.25, 0.3) is 6.08 Å². The molecule has 8 nitrogen and oxygen atoms in total. The summed E-state index contributed by atoms with van der Waals surface area (Å²) in [6, 6.07) is 20.2. The lowest BCUT2D eigenvalue weighted by molar-refractivity contribution is -0.127. The molecule has 0 fully saturated rings. The fourth-order valence-corrected chi connectivity index (χ4v) is 6.49. The summed E-state index contributed by atoms with van der Waals surface area (Å²) in [6.07, 6.45) is 1.84. The van der Waals surface area contributed by atoms with Crippen LogP contribution in [0.2, 0.25) is 0 Å². The Balaban J connectivity index is 1.56. The second-order valence-corrected chi connectivity index (χ2v) is 12.1. The van der Waals surface area contributed by atoms with Crippen molar-refractivity contribution in [3.05, 3.63) is 119 Å². The van der Waals surface area contributed by atoms with E-state index in [2.05, 4.69) is 15.9 Å². The number of ether oxygens (including phenoxy) is 3. The number of benzene rings is 3. The maximum atomic E-state index is 14.1. The third-order valence-corrected chi connectivity index (χ3v) is 9.04. The first kappa shape index (κ1) is 31.3. The number of fused-ring (bicyclic) bond motifs is 1. The Morgan fingerprint density at radius 1 is 1.00 bits per heavy atom. The van der Waals surface area contributed by atoms with Gasteiger partial charge in [0.1, 0.15) is 29.9 Å². The lowest BCUT2D eigenvalue weighted by Gasteiger charge is -2.30. The van der Waals surface area contributed by atoms with Crippen molar-refractivity contribution in [1.82, 2.24) is 9.47 Å². The molecule has 0 spiro atoms.